The molecule has 1 saturated heterocycles. The van der Waals surface area contributed by atoms with Crippen molar-refractivity contribution in [2.75, 3.05) is 12.3 Å². The summed E-state index contributed by atoms with van der Waals surface area (Å²) in [4.78, 5) is 0.410. The molecule has 0 aromatic heterocycles. The van der Waals surface area contributed by atoms with Crippen molar-refractivity contribution in [2.24, 2.45) is 0 Å². The predicted octanol–water partition coefficient (Wildman–Crippen LogP) is 3.27. The van der Waals surface area contributed by atoms with E-state index in [2.05, 4.69) is 22.9 Å². The van der Waals surface area contributed by atoms with Crippen LogP contribution >= 0.6 is 27.7 Å². The lowest BCUT2D eigenvalue weighted by Crippen LogP contribution is -2.47. The van der Waals surface area contributed by atoms with Crippen LogP contribution in [0.3, 0.4) is 0 Å². The molecule has 0 bridgehead atoms. The summed E-state index contributed by atoms with van der Waals surface area (Å²) in [5.41, 5.74) is 0.793. The van der Waals surface area contributed by atoms with Gasteiger partial charge in [0.1, 0.15) is 0 Å². The first-order valence-corrected chi connectivity index (χ1v) is 9.52. The standard InChI is InChI=1S/C13H18BrNO2S2/c1-9-4-5-12(14)8-13(9)19(16,17)15-6-7-18-11(3)10(15)2/h4-5,8,10-11H,6-7H2,1-3H3. The van der Waals surface area contributed by atoms with Crippen LogP contribution < -0.4 is 0 Å². The molecule has 1 aromatic carbocycles. The maximum absolute atomic E-state index is 12.8. The molecule has 1 fully saturated rings. The highest BCUT2D eigenvalue weighted by atomic mass is 79.9. The molecular weight excluding hydrogens is 346 g/mol. The highest BCUT2D eigenvalue weighted by Crippen LogP contribution is 2.31. The fourth-order valence-corrected chi connectivity index (χ4v) is 5.98. The first-order chi connectivity index (χ1) is 8.84. The summed E-state index contributed by atoms with van der Waals surface area (Å²) in [6.45, 7) is 6.50. The van der Waals surface area contributed by atoms with E-state index in [1.54, 1.807) is 10.4 Å². The number of thioether (sulfide) groups is 1. The molecule has 1 aliphatic rings. The Labute approximate surface area is 127 Å². The largest absolute Gasteiger partial charge is 0.243 e. The molecule has 0 saturated carbocycles. The Hall–Kier alpha value is -0.0400. The number of rotatable bonds is 2. The third-order valence-corrected chi connectivity index (χ3v) is 7.52. The number of aryl methyl sites for hydroxylation is 1. The van der Waals surface area contributed by atoms with Gasteiger partial charge < -0.3 is 0 Å². The van der Waals surface area contributed by atoms with Crippen molar-refractivity contribution in [3.8, 4) is 0 Å². The summed E-state index contributed by atoms with van der Waals surface area (Å²) in [6, 6.07) is 5.43. The Balaban J connectivity index is 2.44. The molecule has 6 heteroatoms. The average Bonchev–Trinajstić information content (AvgIpc) is 2.35. The number of nitrogens with zero attached hydrogens (tertiary/aromatic N) is 1. The number of hydrogen-bond donors (Lipinski definition) is 0. The first-order valence-electron chi connectivity index (χ1n) is 6.23. The normalized spacial score (nSPS) is 25.5. The van der Waals surface area contributed by atoms with Crippen molar-refractivity contribution in [1.82, 2.24) is 4.31 Å². The molecule has 1 aromatic rings. The van der Waals surface area contributed by atoms with E-state index in [0.717, 1.165) is 15.8 Å². The Morgan fingerprint density at radius 1 is 1.37 bits per heavy atom. The van der Waals surface area contributed by atoms with Crippen LogP contribution in [0.4, 0.5) is 0 Å². The number of hydrogen-bond acceptors (Lipinski definition) is 3. The number of benzene rings is 1. The van der Waals surface area contributed by atoms with Crippen LogP contribution in [-0.4, -0.2) is 36.3 Å². The molecule has 0 N–H and O–H groups in total. The number of sulfonamides is 1. The maximum Gasteiger partial charge on any atom is 0.243 e. The molecule has 0 amide bonds. The van der Waals surface area contributed by atoms with Gasteiger partial charge in [0.2, 0.25) is 10.0 Å². The summed E-state index contributed by atoms with van der Waals surface area (Å²) < 4.78 is 28.1. The molecular formula is C13H18BrNO2S2. The number of halogens is 1. The van der Waals surface area contributed by atoms with Crippen molar-refractivity contribution in [3.63, 3.8) is 0 Å². The second-order valence-corrected chi connectivity index (χ2v) is 9.10. The van der Waals surface area contributed by atoms with E-state index in [9.17, 15) is 8.42 Å². The molecule has 0 aliphatic carbocycles. The minimum Gasteiger partial charge on any atom is -0.207 e. The van der Waals surface area contributed by atoms with Crippen LogP contribution in [0.5, 0.6) is 0 Å². The van der Waals surface area contributed by atoms with Gasteiger partial charge in [0.25, 0.3) is 0 Å². The lowest BCUT2D eigenvalue weighted by molar-refractivity contribution is 0.340. The molecule has 1 aliphatic heterocycles. The molecule has 0 radical (unpaired) electrons. The molecule has 2 unspecified atom stereocenters. The zero-order valence-corrected chi connectivity index (χ0v) is 14.5. The maximum atomic E-state index is 12.8. The van der Waals surface area contributed by atoms with Crippen molar-refractivity contribution < 1.29 is 8.42 Å². The monoisotopic (exact) mass is 363 g/mol. The molecule has 2 atom stereocenters. The minimum absolute atomic E-state index is 0.0298. The van der Waals surface area contributed by atoms with E-state index in [1.807, 2.05) is 37.7 Å². The minimum atomic E-state index is -3.41. The zero-order chi connectivity index (χ0) is 14.2. The van der Waals surface area contributed by atoms with Gasteiger partial charge in [0, 0.05) is 28.1 Å². The van der Waals surface area contributed by atoms with E-state index in [0.29, 0.717) is 16.7 Å². The van der Waals surface area contributed by atoms with Crippen LogP contribution in [0.1, 0.15) is 19.4 Å². The molecule has 0 spiro atoms. The van der Waals surface area contributed by atoms with Crippen LogP contribution in [-0.2, 0) is 10.0 Å². The van der Waals surface area contributed by atoms with Gasteiger partial charge in [-0.1, -0.05) is 28.9 Å². The third kappa shape index (κ3) is 3.01. The van der Waals surface area contributed by atoms with E-state index in [1.165, 1.54) is 0 Å². The van der Waals surface area contributed by atoms with Crippen molar-refractivity contribution in [3.05, 3.63) is 28.2 Å². The van der Waals surface area contributed by atoms with Crippen LogP contribution in [0.15, 0.2) is 27.6 Å². The van der Waals surface area contributed by atoms with Crippen LogP contribution in [0.2, 0.25) is 0 Å². The highest BCUT2D eigenvalue weighted by molar-refractivity contribution is 9.10. The molecule has 3 nitrogen and oxygen atoms in total. The predicted molar refractivity (Wildman–Crippen MR) is 84.2 cm³/mol. The van der Waals surface area contributed by atoms with Gasteiger partial charge >= 0.3 is 0 Å². The molecule has 106 valence electrons. The summed E-state index contributed by atoms with van der Waals surface area (Å²) in [5.74, 6) is 0.859. The summed E-state index contributed by atoms with van der Waals surface area (Å²) >= 11 is 5.19. The van der Waals surface area contributed by atoms with E-state index in [4.69, 9.17) is 0 Å². The summed E-state index contributed by atoms with van der Waals surface area (Å²) in [5, 5.41) is 0.330. The Morgan fingerprint density at radius 2 is 2.05 bits per heavy atom. The molecule has 1 heterocycles. The van der Waals surface area contributed by atoms with Gasteiger partial charge in [-0.15, -0.1) is 0 Å². The molecule has 2 rings (SSSR count). The second kappa shape index (κ2) is 5.76. The summed E-state index contributed by atoms with van der Waals surface area (Å²) in [7, 11) is -3.41. The topological polar surface area (TPSA) is 37.4 Å². The van der Waals surface area contributed by atoms with Gasteiger partial charge in [-0.3, -0.25) is 0 Å². The smallest absolute Gasteiger partial charge is 0.207 e. The van der Waals surface area contributed by atoms with E-state index >= 15 is 0 Å². The Kier molecular flexibility index (Phi) is 4.65. The SMILES string of the molecule is Cc1ccc(Br)cc1S(=O)(=O)N1CCSC(C)C1C. The fourth-order valence-electron chi connectivity index (χ4n) is 2.22. The van der Waals surface area contributed by atoms with Crippen LogP contribution in [0, 0.1) is 6.92 Å². The Morgan fingerprint density at radius 3 is 2.74 bits per heavy atom. The van der Waals surface area contributed by atoms with E-state index in [-0.39, 0.29) is 6.04 Å². The van der Waals surface area contributed by atoms with Crippen molar-refractivity contribution >= 4 is 37.7 Å². The lowest BCUT2D eigenvalue weighted by atomic mass is 10.2. The first kappa shape index (κ1) is 15.4. The van der Waals surface area contributed by atoms with Gasteiger partial charge in [-0.2, -0.15) is 16.1 Å². The van der Waals surface area contributed by atoms with Crippen molar-refractivity contribution in [1.29, 1.82) is 0 Å². The van der Waals surface area contributed by atoms with Crippen LogP contribution in [0.25, 0.3) is 0 Å². The van der Waals surface area contributed by atoms with Gasteiger partial charge in [0.15, 0.2) is 0 Å². The molecule has 19 heavy (non-hydrogen) atoms. The Bertz CT molecular complexity index is 574. The zero-order valence-electron chi connectivity index (χ0n) is 11.3. The van der Waals surface area contributed by atoms with Gasteiger partial charge in [0.05, 0.1) is 4.90 Å². The van der Waals surface area contributed by atoms with Crippen molar-refractivity contribution in [2.45, 2.75) is 37.0 Å². The lowest BCUT2D eigenvalue weighted by Gasteiger charge is -2.36. The highest BCUT2D eigenvalue weighted by Gasteiger charge is 2.35. The second-order valence-electron chi connectivity index (χ2n) is 4.84. The summed E-state index contributed by atoms with van der Waals surface area (Å²) in [6.07, 6.45) is 0. The quantitative estimate of drug-likeness (QED) is 0.808. The third-order valence-electron chi connectivity index (χ3n) is 3.56. The fraction of sp³-hybridized carbons (Fsp3) is 0.538. The average molecular weight is 364 g/mol. The van der Waals surface area contributed by atoms with Gasteiger partial charge in [-0.05, 0) is 31.5 Å². The van der Waals surface area contributed by atoms with E-state index < -0.39 is 10.0 Å². The van der Waals surface area contributed by atoms with Gasteiger partial charge in [-0.25, -0.2) is 8.42 Å².